The van der Waals surface area contributed by atoms with Gasteiger partial charge >= 0.3 is 0 Å². The van der Waals surface area contributed by atoms with Gasteiger partial charge in [0.25, 0.3) is 0 Å². The molecule has 0 aliphatic rings. The zero-order chi connectivity index (χ0) is 11.1. The van der Waals surface area contributed by atoms with Crippen LogP contribution >= 0.6 is 0 Å². The highest BCUT2D eigenvalue weighted by molar-refractivity contribution is 5.76. The average Bonchev–Trinajstić information content (AvgIpc) is 2.83. The summed E-state index contributed by atoms with van der Waals surface area (Å²) in [5.74, 6) is 0.675. The smallest absolute Gasteiger partial charge is 0.197 e. The SMILES string of the molecule is Cc1ccc2c(c1)nnn2-c1cn(C)nn1. The number of benzene rings is 1. The summed E-state index contributed by atoms with van der Waals surface area (Å²) in [6.45, 7) is 2.03. The lowest BCUT2D eigenvalue weighted by molar-refractivity contribution is 0.712. The van der Waals surface area contributed by atoms with Gasteiger partial charge in [0, 0.05) is 7.05 Å². The Hall–Kier alpha value is -2.24. The minimum atomic E-state index is 0.675. The van der Waals surface area contributed by atoms with E-state index in [1.807, 2.05) is 32.2 Å². The van der Waals surface area contributed by atoms with Crippen molar-refractivity contribution in [3.63, 3.8) is 0 Å². The minimum absolute atomic E-state index is 0.675. The molecule has 6 heteroatoms. The topological polar surface area (TPSA) is 61.4 Å². The summed E-state index contributed by atoms with van der Waals surface area (Å²) in [7, 11) is 1.82. The lowest BCUT2D eigenvalue weighted by Gasteiger charge is -1.95. The summed E-state index contributed by atoms with van der Waals surface area (Å²) in [4.78, 5) is 0. The molecule has 0 fully saturated rings. The first-order valence-electron chi connectivity index (χ1n) is 4.93. The van der Waals surface area contributed by atoms with Gasteiger partial charge in [-0.15, -0.1) is 10.2 Å². The highest BCUT2D eigenvalue weighted by atomic mass is 15.5. The van der Waals surface area contributed by atoms with Crippen molar-refractivity contribution in [1.29, 1.82) is 0 Å². The van der Waals surface area contributed by atoms with Crippen LogP contribution in [0, 0.1) is 6.92 Å². The third-order valence-electron chi connectivity index (χ3n) is 2.41. The zero-order valence-corrected chi connectivity index (χ0v) is 8.99. The Bertz CT molecular complexity index is 650. The summed E-state index contributed by atoms with van der Waals surface area (Å²) >= 11 is 0. The van der Waals surface area contributed by atoms with E-state index < -0.39 is 0 Å². The number of aromatic nitrogens is 6. The van der Waals surface area contributed by atoms with Crippen LogP contribution in [0.1, 0.15) is 5.56 Å². The molecule has 0 amide bonds. The number of rotatable bonds is 1. The van der Waals surface area contributed by atoms with E-state index in [4.69, 9.17) is 0 Å². The molecule has 0 unspecified atom stereocenters. The maximum absolute atomic E-state index is 4.10. The van der Waals surface area contributed by atoms with E-state index in [2.05, 4.69) is 20.6 Å². The molecule has 0 atom stereocenters. The second kappa shape index (κ2) is 3.13. The molecule has 80 valence electrons. The predicted octanol–water partition coefficient (Wildman–Crippen LogP) is 0.857. The predicted molar refractivity (Wildman–Crippen MR) is 58.2 cm³/mol. The molecule has 0 radical (unpaired) electrons. The zero-order valence-electron chi connectivity index (χ0n) is 8.99. The van der Waals surface area contributed by atoms with Crippen molar-refractivity contribution in [3.8, 4) is 5.82 Å². The van der Waals surface area contributed by atoms with E-state index in [1.54, 1.807) is 15.6 Å². The second-order valence-corrected chi connectivity index (χ2v) is 3.74. The van der Waals surface area contributed by atoms with Crippen LogP contribution < -0.4 is 0 Å². The number of aryl methyl sites for hydroxylation is 2. The van der Waals surface area contributed by atoms with Crippen molar-refractivity contribution >= 4 is 11.0 Å². The molecular weight excluding hydrogens is 204 g/mol. The first kappa shape index (κ1) is 9.02. The standard InChI is InChI=1S/C10H10N6/c1-7-3-4-9-8(5-7)11-14-16(9)10-6-15(2)13-12-10/h3-6H,1-2H3. The molecule has 3 rings (SSSR count). The van der Waals surface area contributed by atoms with Crippen molar-refractivity contribution in [1.82, 2.24) is 30.0 Å². The summed E-state index contributed by atoms with van der Waals surface area (Å²) < 4.78 is 3.32. The lowest BCUT2D eigenvalue weighted by Crippen LogP contribution is -1.96. The molecule has 0 aliphatic heterocycles. The van der Waals surface area contributed by atoms with Crippen LogP contribution in [0.15, 0.2) is 24.4 Å². The molecule has 1 aromatic carbocycles. The highest BCUT2D eigenvalue weighted by Gasteiger charge is 2.08. The molecule has 16 heavy (non-hydrogen) atoms. The molecule has 0 spiro atoms. The van der Waals surface area contributed by atoms with Crippen LogP contribution in [0.25, 0.3) is 16.9 Å². The maximum Gasteiger partial charge on any atom is 0.197 e. The van der Waals surface area contributed by atoms with Gasteiger partial charge in [-0.25, -0.2) is 0 Å². The molecule has 3 aromatic rings. The van der Waals surface area contributed by atoms with Gasteiger partial charge in [0.05, 0.1) is 11.7 Å². The Balaban J connectivity index is 2.25. The first-order chi connectivity index (χ1) is 7.74. The van der Waals surface area contributed by atoms with Crippen LogP contribution in [-0.4, -0.2) is 30.0 Å². The van der Waals surface area contributed by atoms with E-state index in [0.29, 0.717) is 5.82 Å². The molecule has 0 aliphatic carbocycles. The molecule has 2 heterocycles. The fourth-order valence-electron chi connectivity index (χ4n) is 1.64. The first-order valence-corrected chi connectivity index (χ1v) is 4.93. The van der Waals surface area contributed by atoms with Gasteiger partial charge in [-0.3, -0.25) is 4.68 Å². The van der Waals surface area contributed by atoms with Crippen molar-refractivity contribution in [3.05, 3.63) is 30.0 Å². The largest absolute Gasteiger partial charge is 0.253 e. The molecule has 0 bridgehead atoms. The summed E-state index contributed by atoms with van der Waals surface area (Å²) in [5.41, 5.74) is 2.97. The van der Waals surface area contributed by atoms with Gasteiger partial charge in [0.2, 0.25) is 0 Å². The van der Waals surface area contributed by atoms with Crippen molar-refractivity contribution in [2.24, 2.45) is 7.05 Å². The van der Waals surface area contributed by atoms with Gasteiger partial charge in [-0.1, -0.05) is 16.5 Å². The molecule has 6 nitrogen and oxygen atoms in total. The third-order valence-corrected chi connectivity index (χ3v) is 2.41. The monoisotopic (exact) mass is 214 g/mol. The second-order valence-electron chi connectivity index (χ2n) is 3.74. The van der Waals surface area contributed by atoms with Gasteiger partial charge in [-0.2, -0.15) is 4.68 Å². The van der Waals surface area contributed by atoms with E-state index in [-0.39, 0.29) is 0 Å². The van der Waals surface area contributed by atoms with Gasteiger partial charge < -0.3 is 0 Å². The minimum Gasteiger partial charge on any atom is -0.253 e. The Morgan fingerprint density at radius 2 is 2.00 bits per heavy atom. The summed E-state index contributed by atoms with van der Waals surface area (Å²) in [6.07, 6.45) is 1.80. The summed E-state index contributed by atoms with van der Waals surface area (Å²) in [6, 6.07) is 6.01. The van der Waals surface area contributed by atoms with Crippen molar-refractivity contribution < 1.29 is 0 Å². The lowest BCUT2D eigenvalue weighted by atomic mass is 10.2. The van der Waals surface area contributed by atoms with Crippen molar-refractivity contribution in [2.75, 3.05) is 0 Å². The van der Waals surface area contributed by atoms with E-state index in [9.17, 15) is 0 Å². The number of nitrogens with zero attached hydrogens (tertiary/aromatic N) is 6. The Morgan fingerprint density at radius 3 is 2.75 bits per heavy atom. The summed E-state index contributed by atoms with van der Waals surface area (Å²) in [5, 5.41) is 16.1. The van der Waals surface area contributed by atoms with Crippen LogP contribution in [0.4, 0.5) is 0 Å². The van der Waals surface area contributed by atoms with Crippen LogP contribution in [0.5, 0.6) is 0 Å². The number of hydrogen-bond acceptors (Lipinski definition) is 4. The Morgan fingerprint density at radius 1 is 1.12 bits per heavy atom. The average molecular weight is 214 g/mol. The van der Waals surface area contributed by atoms with E-state index in [0.717, 1.165) is 11.0 Å². The fourth-order valence-corrected chi connectivity index (χ4v) is 1.64. The third kappa shape index (κ3) is 1.27. The maximum atomic E-state index is 4.10. The molecule has 2 aromatic heterocycles. The van der Waals surface area contributed by atoms with Gasteiger partial charge in [0.1, 0.15) is 5.52 Å². The normalized spacial score (nSPS) is 11.1. The Labute approximate surface area is 91.5 Å². The highest BCUT2D eigenvalue weighted by Crippen LogP contribution is 2.15. The van der Waals surface area contributed by atoms with Crippen LogP contribution in [0.3, 0.4) is 0 Å². The van der Waals surface area contributed by atoms with E-state index >= 15 is 0 Å². The van der Waals surface area contributed by atoms with Crippen LogP contribution in [0.2, 0.25) is 0 Å². The quantitative estimate of drug-likeness (QED) is 0.602. The Kier molecular flexibility index (Phi) is 1.76. The molecule has 0 saturated heterocycles. The van der Waals surface area contributed by atoms with E-state index in [1.165, 1.54) is 5.56 Å². The van der Waals surface area contributed by atoms with Crippen LogP contribution in [-0.2, 0) is 7.05 Å². The van der Waals surface area contributed by atoms with Gasteiger partial charge in [0.15, 0.2) is 5.82 Å². The van der Waals surface area contributed by atoms with Crippen molar-refractivity contribution in [2.45, 2.75) is 6.92 Å². The molecule has 0 N–H and O–H groups in total. The number of fused-ring (bicyclic) bond motifs is 1. The molecule has 0 saturated carbocycles. The fraction of sp³-hybridized carbons (Fsp3) is 0.200. The molecular formula is C10H10N6. The number of hydrogen-bond donors (Lipinski definition) is 0. The van der Waals surface area contributed by atoms with Gasteiger partial charge in [-0.05, 0) is 24.6 Å².